The summed E-state index contributed by atoms with van der Waals surface area (Å²) in [5.41, 5.74) is 6.79. The van der Waals surface area contributed by atoms with Crippen LogP contribution in [0.15, 0.2) is 12.1 Å². The van der Waals surface area contributed by atoms with Crippen LogP contribution >= 0.6 is 0 Å². The Labute approximate surface area is 113 Å². The molecule has 0 fully saturated rings. The van der Waals surface area contributed by atoms with Crippen molar-refractivity contribution in [2.75, 3.05) is 33.5 Å². The van der Waals surface area contributed by atoms with Crippen molar-refractivity contribution in [2.24, 2.45) is 5.73 Å². The summed E-state index contributed by atoms with van der Waals surface area (Å²) in [6.45, 7) is 4.03. The maximum atomic E-state index is 7.45. The molecule has 6 nitrogen and oxygen atoms in total. The van der Waals surface area contributed by atoms with Crippen LogP contribution in [0.5, 0.6) is 5.88 Å². The zero-order chi connectivity index (χ0) is 14.1. The molecule has 0 aliphatic rings. The fourth-order valence-corrected chi connectivity index (χ4v) is 1.45. The van der Waals surface area contributed by atoms with E-state index in [1.807, 2.05) is 6.92 Å². The minimum atomic E-state index is -0.0523. The van der Waals surface area contributed by atoms with Crippen molar-refractivity contribution in [1.29, 1.82) is 5.41 Å². The van der Waals surface area contributed by atoms with Gasteiger partial charge in [0.15, 0.2) is 0 Å². The van der Waals surface area contributed by atoms with Gasteiger partial charge in [-0.1, -0.05) is 0 Å². The van der Waals surface area contributed by atoms with E-state index in [1.165, 1.54) is 0 Å². The lowest BCUT2D eigenvalue weighted by atomic mass is 10.2. The van der Waals surface area contributed by atoms with E-state index in [4.69, 9.17) is 25.4 Å². The predicted molar refractivity (Wildman–Crippen MR) is 72.8 cm³/mol. The molecule has 1 heterocycles. The van der Waals surface area contributed by atoms with Crippen LogP contribution in [0.4, 0.5) is 0 Å². The highest BCUT2D eigenvalue weighted by Crippen LogP contribution is 2.15. The SMILES string of the molecule is COCCCOCCOc1nc(C)ccc1C(=N)N. The van der Waals surface area contributed by atoms with Crippen LogP contribution in [0.3, 0.4) is 0 Å². The fraction of sp³-hybridized carbons (Fsp3) is 0.538. The average Bonchev–Trinajstić information content (AvgIpc) is 2.37. The molecule has 0 spiro atoms. The largest absolute Gasteiger partial charge is 0.475 e. The summed E-state index contributed by atoms with van der Waals surface area (Å²) >= 11 is 0. The van der Waals surface area contributed by atoms with Gasteiger partial charge in [0.05, 0.1) is 12.2 Å². The lowest BCUT2D eigenvalue weighted by Gasteiger charge is -2.10. The van der Waals surface area contributed by atoms with Gasteiger partial charge in [-0.15, -0.1) is 0 Å². The smallest absolute Gasteiger partial charge is 0.224 e. The highest BCUT2D eigenvalue weighted by atomic mass is 16.5. The second-order valence-electron chi connectivity index (χ2n) is 4.03. The number of ether oxygens (including phenoxy) is 3. The molecule has 106 valence electrons. The first-order chi connectivity index (χ1) is 9.15. The minimum Gasteiger partial charge on any atom is -0.475 e. The van der Waals surface area contributed by atoms with E-state index in [0.717, 1.165) is 12.1 Å². The molecule has 0 radical (unpaired) electrons. The summed E-state index contributed by atoms with van der Waals surface area (Å²) in [6, 6.07) is 3.53. The van der Waals surface area contributed by atoms with Crippen LogP contribution in [0, 0.1) is 12.3 Å². The summed E-state index contributed by atoms with van der Waals surface area (Å²) in [5.74, 6) is 0.330. The van der Waals surface area contributed by atoms with Crippen LogP contribution in [-0.4, -0.2) is 44.4 Å². The van der Waals surface area contributed by atoms with E-state index in [2.05, 4.69) is 4.98 Å². The number of nitrogens with two attached hydrogens (primary N) is 1. The molecule has 0 bridgehead atoms. The summed E-state index contributed by atoms with van der Waals surface area (Å²) in [5, 5.41) is 7.45. The number of aryl methyl sites for hydroxylation is 1. The van der Waals surface area contributed by atoms with Crippen LogP contribution in [0.1, 0.15) is 17.7 Å². The Hall–Kier alpha value is -1.66. The second-order valence-corrected chi connectivity index (χ2v) is 4.03. The monoisotopic (exact) mass is 267 g/mol. The van der Waals surface area contributed by atoms with E-state index in [-0.39, 0.29) is 5.84 Å². The number of aromatic nitrogens is 1. The molecule has 0 aliphatic heterocycles. The van der Waals surface area contributed by atoms with E-state index in [1.54, 1.807) is 19.2 Å². The van der Waals surface area contributed by atoms with Gasteiger partial charge in [-0.3, -0.25) is 5.41 Å². The molecule has 1 aromatic rings. The quantitative estimate of drug-likeness (QED) is 0.397. The Kier molecular flexibility index (Phi) is 6.84. The van der Waals surface area contributed by atoms with Crippen LogP contribution in [0.2, 0.25) is 0 Å². The molecule has 0 aromatic carbocycles. The number of rotatable bonds is 9. The molecule has 0 amide bonds. The maximum Gasteiger partial charge on any atom is 0.224 e. The normalized spacial score (nSPS) is 10.4. The van der Waals surface area contributed by atoms with Gasteiger partial charge in [0, 0.05) is 26.0 Å². The molecule has 1 aromatic heterocycles. The molecular formula is C13H21N3O3. The summed E-state index contributed by atoms with van der Waals surface area (Å²) in [7, 11) is 1.66. The standard InChI is InChI=1S/C13H21N3O3/c1-10-4-5-11(12(14)15)13(16-10)19-9-8-18-7-3-6-17-2/h4-5H,3,6-9H2,1-2H3,(H3,14,15). The number of methoxy groups -OCH3 is 1. The zero-order valence-corrected chi connectivity index (χ0v) is 11.4. The Balaban J connectivity index is 2.36. The van der Waals surface area contributed by atoms with Gasteiger partial charge in [-0.05, 0) is 25.5 Å². The lowest BCUT2D eigenvalue weighted by molar-refractivity contribution is 0.0795. The van der Waals surface area contributed by atoms with E-state index < -0.39 is 0 Å². The predicted octanol–water partition coefficient (Wildman–Crippen LogP) is 1.11. The van der Waals surface area contributed by atoms with E-state index in [0.29, 0.717) is 37.9 Å². The molecule has 6 heteroatoms. The van der Waals surface area contributed by atoms with Crippen molar-refractivity contribution in [1.82, 2.24) is 4.98 Å². The zero-order valence-electron chi connectivity index (χ0n) is 11.4. The first-order valence-electron chi connectivity index (χ1n) is 6.16. The number of hydrogen-bond donors (Lipinski definition) is 2. The topological polar surface area (TPSA) is 90.5 Å². The van der Waals surface area contributed by atoms with Gasteiger partial charge >= 0.3 is 0 Å². The lowest BCUT2D eigenvalue weighted by Crippen LogP contribution is -2.16. The van der Waals surface area contributed by atoms with Crippen LogP contribution in [0.25, 0.3) is 0 Å². The molecule has 0 aliphatic carbocycles. The van der Waals surface area contributed by atoms with Crippen molar-refractivity contribution < 1.29 is 14.2 Å². The van der Waals surface area contributed by atoms with Gasteiger partial charge in [0.2, 0.25) is 5.88 Å². The summed E-state index contributed by atoms with van der Waals surface area (Å²) < 4.78 is 15.8. The fourth-order valence-electron chi connectivity index (χ4n) is 1.45. The second kappa shape index (κ2) is 8.44. The molecule has 1 rings (SSSR count). The molecule has 0 saturated heterocycles. The van der Waals surface area contributed by atoms with Gasteiger partial charge in [-0.25, -0.2) is 4.98 Å². The van der Waals surface area contributed by atoms with Crippen molar-refractivity contribution >= 4 is 5.84 Å². The van der Waals surface area contributed by atoms with Gasteiger partial charge in [0.25, 0.3) is 0 Å². The third kappa shape index (κ3) is 5.67. The molecular weight excluding hydrogens is 246 g/mol. The molecule has 0 saturated carbocycles. The van der Waals surface area contributed by atoms with Crippen LogP contribution in [-0.2, 0) is 9.47 Å². The maximum absolute atomic E-state index is 7.45. The number of hydrogen-bond acceptors (Lipinski definition) is 5. The first-order valence-corrected chi connectivity index (χ1v) is 6.16. The van der Waals surface area contributed by atoms with Crippen molar-refractivity contribution in [3.63, 3.8) is 0 Å². The number of amidine groups is 1. The van der Waals surface area contributed by atoms with Gasteiger partial charge < -0.3 is 19.9 Å². The number of pyridine rings is 1. The molecule has 3 N–H and O–H groups in total. The minimum absolute atomic E-state index is 0.0523. The first kappa shape index (κ1) is 15.4. The Bertz CT molecular complexity index is 410. The summed E-state index contributed by atoms with van der Waals surface area (Å²) in [6.07, 6.45) is 0.859. The van der Waals surface area contributed by atoms with Crippen molar-refractivity contribution in [3.05, 3.63) is 23.4 Å². The van der Waals surface area contributed by atoms with Gasteiger partial charge in [-0.2, -0.15) is 0 Å². The van der Waals surface area contributed by atoms with E-state index >= 15 is 0 Å². The van der Waals surface area contributed by atoms with Gasteiger partial charge in [0.1, 0.15) is 12.4 Å². The summed E-state index contributed by atoms with van der Waals surface area (Å²) in [4.78, 5) is 4.22. The molecule has 19 heavy (non-hydrogen) atoms. The highest BCUT2D eigenvalue weighted by molar-refractivity contribution is 5.97. The third-order valence-electron chi connectivity index (χ3n) is 2.39. The molecule has 0 atom stereocenters. The number of nitrogen functional groups attached to an aromatic ring is 1. The van der Waals surface area contributed by atoms with Crippen LogP contribution < -0.4 is 10.5 Å². The number of nitrogens with one attached hydrogen (secondary N) is 1. The van der Waals surface area contributed by atoms with E-state index in [9.17, 15) is 0 Å². The molecule has 0 unspecified atom stereocenters. The Morgan fingerprint density at radius 1 is 1.26 bits per heavy atom. The Morgan fingerprint density at radius 2 is 2.05 bits per heavy atom. The van der Waals surface area contributed by atoms with Crippen molar-refractivity contribution in [3.8, 4) is 5.88 Å². The Morgan fingerprint density at radius 3 is 2.74 bits per heavy atom. The number of nitrogens with zero attached hydrogens (tertiary/aromatic N) is 1. The highest BCUT2D eigenvalue weighted by Gasteiger charge is 2.08. The third-order valence-corrected chi connectivity index (χ3v) is 2.39. The van der Waals surface area contributed by atoms with Crippen molar-refractivity contribution in [2.45, 2.75) is 13.3 Å². The average molecular weight is 267 g/mol.